The third kappa shape index (κ3) is 13.9. The zero-order chi connectivity index (χ0) is 61.6. The SMILES string of the molecule is CC(C)(C)c1cc(-c2nn(-c3[c-]c(Oc4ccccn4)ccc3)c3ccccc23)c(O)c(C(C)(C)C)c1.Cc1nn(-c2cc(C(C)(C)C)cc(C(C)(C)C)c2O)nc1-c1[c-]c(N(c2cc(-c3ccccc3)ccn2)c2cccc3ccccc23)ccc1.[Pt].[Pt]. The normalized spacial score (nSPS) is 11.8. The van der Waals surface area contributed by atoms with Gasteiger partial charge in [0.05, 0.1) is 11.2 Å². The molecular formula is C76H74N8O3Pt2-2. The molecule has 12 aromatic rings. The molecule has 0 aliphatic rings. The van der Waals surface area contributed by atoms with E-state index in [4.69, 9.17) is 25.0 Å². The molecule has 0 spiro atoms. The third-order valence-corrected chi connectivity index (χ3v) is 15.6. The van der Waals surface area contributed by atoms with Crippen LogP contribution in [0.1, 0.15) is 111 Å². The van der Waals surface area contributed by atoms with E-state index in [-0.39, 0.29) is 75.3 Å². The van der Waals surface area contributed by atoms with Gasteiger partial charge in [-0.1, -0.05) is 186 Å². The van der Waals surface area contributed by atoms with Gasteiger partial charge in [0.2, 0.25) is 5.88 Å². The Labute approximate surface area is 552 Å². The van der Waals surface area contributed by atoms with E-state index in [2.05, 4.69) is 190 Å². The van der Waals surface area contributed by atoms with E-state index in [1.54, 1.807) is 17.1 Å². The Bertz CT molecular complexity index is 4470. The molecule has 4 heterocycles. The van der Waals surface area contributed by atoms with Gasteiger partial charge in [0.25, 0.3) is 0 Å². The molecule has 0 aliphatic carbocycles. The minimum Gasteiger partial charge on any atom is -0.507 e. The number of anilines is 3. The molecule has 0 bridgehead atoms. The number of aromatic hydroxyl groups is 2. The Kier molecular flexibility index (Phi) is 18.9. The van der Waals surface area contributed by atoms with Crippen molar-refractivity contribution in [2.24, 2.45) is 0 Å². The van der Waals surface area contributed by atoms with E-state index in [0.29, 0.717) is 23.0 Å². The van der Waals surface area contributed by atoms with Gasteiger partial charge in [0.1, 0.15) is 28.7 Å². The van der Waals surface area contributed by atoms with Crippen LogP contribution in [-0.4, -0.2) is 45.0 Å². The standard InChI is InChI=1S/C44H42N5O.C32H32N3O2.2Pt/c1-29-41(47-49(46-29)39-28-34(43(2,3)4)27-37(42(39)50)44(5,6)7)33-19-13-20-35(25-33)48(38-22-14-18-31-17-11-12-21-36(31)38)40-26-32(23-24-45-40)30-15-9-8-10-16-30;1-31(2,3)21-18-25(30(36)26(19-21)32(4,5)6)29-24-14-7-8-15-27(24)35(34-29)22-12-11-13-23(20-22)37-28-16-9-10-17-33-28;;/h8-24,26-28,50H,1-7H3;7-19,36H,1-6H3;;/q2*-1;;. The first-order valence-electron chi connectivity index (χ1n) is 29.5. The minimum absolute atomic E-state index is 0. The van der Waals surface area contributed by atoms with Gasteiger partial charge in [-0.3, -0.25) is 4.68 Å². The number of pyridine rings is 2. The Morgan fingerprint density at radius 3 is 1.82 bits per heavy atom. The van der Waals surface area contributed by atoms with Crippen molar-refractivity contribution < 1.29 is 57.1 Å². The number of rotatable bonds is 10. The summed E-state index contributed by atoms with van der Waals surface area (Å²) in [6.07, 6.45) is 3.55. The topological polar surface area (TPSA) is 127 Å². The van der Waals surface area contributed by atoms with Crippen LogP contribution in [0.2, 0.25) is 0 Å². The summed E-state index contributed by atoms with van der Waals surface area (Å²) in [5.74, 6) is 2.28. The van der Waals surface area contributed by atoms with Gasteiger partial charge in [-0.25, -0.2) is 9.97 Å². The zero-order valence-electron chi connectivity index (χ0n) is 52.6. The smallest absolute Gasteiger partial charge is 0.216 e. The molecule has 0 fully saturated rings. The van der Waals surface area contributed by atoms with E-state index < -0.39 is 0 Å². The largest absolute Gasteiger partial charge is 0.507 e. The van der Waals surface area contributed by atoms with E-state index in [0.717, 1.165) is 100 Å². The molecule has 4 aromatic heterocycles. The maximum Gasteiger partial charge on any atom is 0.216 e. The fourth-order valence-corrected chi connectivity index (χ4v) is 10.8. The van der Waals surface area contributed by atoms with Crippen LogP contribution in [0.4, 0.5) is 17.2 Å². The molecule has 0 radical (unpaired) electrons. The number of hydrogen-bond acceptors (Lipinski definition) is 9. The molecule has 0 unspecified atom stereocenters. The maximum atomic E-state index is 11.6. The summed E-state index contributed by atoms with van der Waals surface area (Å²) in [5.41, 5.74) is 13.2. The maximum absolute atomic E-state index is 11.6. The molecule has 11 nitrogen and oxygen atoms in total. The van der Waals surface area contributed by atoms with Gasteiger partial charge < -0.3 is 19.8 Å². The number of ether oxygens (including phenoxy) is 1. The van der Waals surface area contributed by atoms with E-state index in [9.17, 15) is 10.2 Å². The summed E-state index contributed by atoms with van der Waals surface area (Å²) in [7, 11) is 0. The van der Waals surface area contributed by atoms with Crippen LogP contribution < -0.4 is 9.64 Å². The molecule has 0 atom stereocenters. The number of phenolic OH excluding ortho intramolecular Hbond substituents is 2. The number of benzene rings is 8. The molecule has 0 amide bonds. The van der Waals surface area contributed by atoms with Gasteiger partial charge in [0, 0.05) is 105 Å². The van der Waals surface area contributed by atoms with Gasteiger partial charge in [-0.15, -0.1) is 48.0 Å². The number of aryl methyl sites for hydroxylation is 1. The molecule has 13 heteroatoms. The van der Waals surface area contributed by atoms with Gasteiger partial charge >= 0.3 is 0 Å². The summed E-state index contributed by atoms with van der Waals surface area (Å²) in [6, 6.07) is 69.9. The molecule has 12 rings (SSSR count). The Morgan fingerprint density at radius 2 is 1.12 bits per heavy atom. The molecular weight excluding hydrogens is 1460 g/mol. The molecule has 458 valence electrons. The summed E-state index contributed by atoms with van der Waals surface area (Å²) in [5, 5.41) is 41.2. The quantitative estimate of drug-likeness (QED) is 0.129. The third-order valence-electron chi connectivity index (χ3n) is 15.6. The van der Waals surface area contributed by atoms with Crippen LogP contribution in [0.3, 0.4) is 0 Å². The number of para-hydroxylation sites is 1. The van der Waals surface area contributed by atoms with Crippen molar-refractivity contribution in [1.29, 1.82) is 0 Å². The van der Waals surface area contributed by atoms with Crippen LogP contribution >= 0.6 is 0 Å². The summed E-state index contributed by atoms with van der Waals surface area (Å²) in [6.45, 7) is 27.7. The Hall–Kier alpha value is -8.49. The molecule has 8 aromatic carbocycles. The number of fused-ring (bicyclic) bond motifs is 2. The molecule has 0 saturated carbocycles. The number of nitrogens with zero attached hydrogens (tertiary/aromatic N) is 8. The second kappa shape index (κ2) is 25.9. The van der Waals surface area contributed by atoms with Crippen molar-refractivity contribution in [2.75, 3.05) is 4.90 Å². The first-order chi connectivity index (χ1) is 41.4. The van der Waals surface area contributed by atoms with Gasteiger partial charge in [-0.05, 0) is 110 Å². The second-order valence-electron chi connectivity index (χ2n) is 26.2. The monoisotopic (exact) mass is 1540 g/mol. The van der Waals surface area contributed by atoms with Gasteiger partial charge in [0.15, 0.2) is 0 Å². The van der Waals surface area contributed by atoms with Crippen LogP contribution in [0, 0.1) is 19.1 Å². The van der Waals surface area contributed by atoms with E-state index in [1.807, 2.05) is 115 Å². The average Bonchev–Trinajstić information content (AvgIpc) is 1.83. The number of aromatic nitrogens is 7. The van der Waals surface area contributed by atoms with Crippen molar-refractivity contribution in [3.8, 4) is 68.1 Å². The summed E-state index contributed by atoms with van der Waals surface area (Å²) in [4.78, 5) is 12.9. The summed E-state index contributed by atoms with van der Waals surface area (Å²) >= 11 is 0. The zero-order valence-corrected chi connectivity index (χ0v) is 57.1. The molecule has 2 N–H and O–H groups in total. The molecule has 0 aliphatic heterocycles. The number of hydrogen-bond donors (Lipinski definition) is 2. The van der Waals surface area contributed by atoms with Crippen molar-refractivity contribution in [1.82, 2.24) is 34.7 Å². The van der Waals surface area contributed by atoms with Gasteiger partial charge in [-0.2, -0.15) is 26.2 Å². The Balaban J connectivity index is 0.000000216. The van der Waals surface area contributed by atoms with Crippen LogP contribution in [-0.2, 0) is 63.8 Å². The second-order valence-corrected chi connectivity index (χ2v) is 26.2. The van der Waals surface area contributed by atoms with E-state index in [1.165, 1.54) is 0 Å². The molecule has 0 saturated heterocycles. The first-order valence-corrected chi connectivity index (χ1v) is 29.5. The fraction of sp³-hybridized carbons (Fsp3) is 0.224. The van der Waals surface area contributed by atoms with Crippen molar-refractivity contribution >= 4 is 38.9 Å². The predicted molar refractivity (Wildman–Crippen MR) is 354 cm³/mol. The van der Waals surface area contributed by atoms with Crippen LogP contribution in [0.15, 0.2) is 200 Å². The van der Waals surface area contributed by atoms with Crippen LogP contribution in [0.5, 0.6) is 23.1 Å². The van der Waals surface area contributed by atoms with Crippen molar-refractivity contribution in [3.05, 3.63) is 241 Å². The van der Waals surface area contributed by atoms with Crippen LogP contribution in [0.25, 0.3) is 66.7 Å². The average molecular weight is 1540 g/mol. The predicted octanol–water partition coefficient (Wildman–Crippen LogP) is 19.0. The first kappa shape index (κ1) is 65.0. The Morgan fingerprint density at radius 1 is 0.494 bits per heavy atom. The fourth-order valence-electron chi connectivity index (χ4n) is 10.8. The number of phenols is 2. The molecule has 89 heavy (non-hydrogen) atoms. The van der Waals surface area contributed by atoms with E-state index >= 15 is 0 Å². The van der Waals surface area contributed by atoms with Crippen molar-refractivity contribution in [3.63, 3.8) is 0 Å². The summed E-state index contributed by atoms with van der Waals surface area (Å²) < 4.78 is 7.78. The minimum atomic E-state index is -0.274. The van der Waals surface area contributed by atoms with Crippen molar-refractivity contribution in [2.45, 2.75) is 112 Å².